The number of alkyl halides is 2. The molecule has 0 bridgehead atoms. The van der Waals surface area contributed by atoms with Crippen molar-refractivity contribution in [2.75, 3.05) is 0 Å². The fourth-order valence-corrected chi connectivity index (χ4v) is 8.32. The Hall–Kier alpha value is -1.75. The molecule has 6 heteroatoms. The van der Waals surface area contributed by atoms with E-state index < -0.39 is 17.8 Å². The third-order valence-electron chi connectivity index (χ3n) is 10.8. The summed E-state index contributed by atoms with van der Waals surface area (Å²) in [5, 5.41) is -0.141. The maximum atomic E-state index is 15.4. The standard InChI is InChI=1S/C36H47ClF4O/c1-2-3-4-5-24-6-8-25(9-7-24)26-10-12-27(13-11-26)29-16-20-32(34(38)22-29)28-14-17-30(18-15-28)36(40,41)42-31-19-21-33(37)35(39)23-31/h16,19-28,30H,2-15,17-18H2,1H3. The first-order valence-electron chi connectivity index (χ1n) is 16.5. The molecule has 0 N–H and O–H groups in total. The van der Waals surface area contributed by atoms with Crippen LogP contribution >= 0.6 is 11.6 Å². The molecule has 3 saturated carbocycles. The van der Waals surface area contributed by atoms with Gasteiger partial charge in [-0.2, -0.15) is 8.78 Å². The Morgan fingerprint density at radius 1 is 0.738 bits per heavy atom. The largest absolute Gasteiger partial charge is 0.432 e. The van der Waals surface area contributed by atoms with E-state index in [4.69, 9.17) is 16.3 Å². The van der Waals surface area contributed by atoms with Gasteiger partial charge in [-0.05, 0) is 123 Å². The summed E-state index contributed by atoms with van der Waals surface area (Å²) in [6.45, 7) is 2.28. The van der Waals surface area contributed by atoms with Crippen LogP contribution in [0.3, 0.4) is 0 Å². The lowest BCUT2D eigenvalue weighted by molar-refractivity contribution is -0.222. The van der Waals surface area contributed by atoms with Crippen LogP contribution in [0.5, 0.6) is 5.75 Å². The van der Waals surface area contributed by atoms with E-state index >= 15 is 4.39 Å². The van der Waals surface area contributed by atoms with Gasteiger partial charge in [-0.25, -0.2) is 8.78 Å². The molecule has 0 saturated heterocycles. The molecule has 0 spiro atoms. The molecule has 2 aromatic rings. The lowest BCUT2D eigenvalue weighted by Crippen LogP contribution is -2.37. The molecule has 0 heterocycles. The van der Waals surface area contributed by atoms with Gasteiger partial charge >= 0.3 is 6.11 Å². The molecule has 3 aliphatic rings. The molecule has 0 unspecified atom stereocenters. The van der Waals surface area contributed by atoms with Gasteiger partial charge in [0.15, 0.2) is 0 Å². The van der Waals surface area contributed by atoms with Gasteiger partial charge in [-0.15, -0.1) is 0 Å². The van der Waals surface area contributed by atoms with Gasteiger partial charge in [-0.1, -0.05) is 69.2 Å². The molecule has 5 rings (SSSR count). The molecule has 232 valence electrons. The van der Waals surface area contributed by atoms with Crippen LogP contribution in [-0.4, -0.2) is 6.11 Å². The predicted octanol–water partition coefficient (Wildman–Crippen LogP) is 12.2. The minimum absolute atomic E-state index is 0.0769. The Bertz CT molecular complexity index is 1150. The number of unbranched alkanes of at least 4 members (excludes halogenated alkanes) is 2. The number of ether oxygens (including phenoxy) is 1. The van der Waals surface area contributed by atoms with Crippen molar-refractivity contribution in [2.45, 2.75) is 128 Å². The van der Waals surface area contributed by atoms with Crippen LogP contribution in [0.2, 0.25) is 5.02 Å². The van der Waals surface area contributed by atoms with Crippen LogP contribution in [0, 0.1) is 35.3 Å². The monoisotopic (exact) mass is 606 g/mol. The summed E-state index contributed by atoms with van der Waals surface area (Å²) in [4.78, 5) is 0. The summed E-state index contributed by atoms with van der Waals surface area (Å²) in [6.07, 6.45) is 13.9. The lowest BCUT2D eigenvalue weighted by Gasteiger charge is -2.38. The van der Waals surface area contributed by atoms with Gasteiger partial charge in [0.1, 0.15) is 17.4 Å². The molecular weight excluding hydrogens is 560 g/mol. The Labute approximate surface area is 254 Å². The molecular formula is C36H47ClF4O. The first kappa shape index (κ1) is 31.7. The van der Waals surface area contributed by atoms with E-state index in [1.165, 1.54) is 76.3 Å². The lowest BCUT2D eigenvalue weighted by atomic mass is 9.68. The van der Waals surface area contributed by atoms with Gasteiger partial charge < -0.3 is 4.74 Å². The molecule has 3 aliphatic carbocycles. The smallest absolute Gasteiger partial charge is 0.400 e. The Morgan fingerprint density at radius 2 is 1.38 bits per heavy atom. The van der Waals surface area contributed by atoms with Gasteiger partial charge in [-0.3, -0.25) is 0 Å². The van der Waals surface area contributed by atoms with Crippen molar-refractivity contribution in [1.29, 1.82) is 0 Å². The van der Waals surface area contributed by atoms with Crippen LogP contribution in [0.1, 0.15) is 133 Å². The number of benzene rings is 2. The zero-order chi connectivity index (χ0) is 29.7. The quantitative estimate of drug-likeness (QED) is 0.193. The van der Waals surface area contributed by atoms with Crippen molar-refractivity contribution < 1.29 is 22.3 Å². The molecule has 42 heavy (non-hydrogen) atoms. The van der Waals surface area contributed by atoms with E-state index in [1.54, 1.807) is 6.07 Å². The maximum Gasteiger partial charge on any atom is 0.400 e. The average molecular weight is 607 g/mol. The van der Waals surface area contributed by atoms with Gasteiger partial charge in [0.2, 0.25) is 0 Å². The fraction of sp³-hybridized carbons (Fsp3) is 0.667. The highest BCUT2D eigenvalue weighted by Crippen LogP contribution is 2.47. The maximum absolute atomic E-state index is 15.4. The van der Waals surface area contributed by atoms with Gasteiger partial charge in [0.25, 0.3) is 0 Å². The molecule has 3 fully saturated rings. The van der Waals surface area contributed by atoms with Crippen molar-refractivity contribution in [2.24, 2.45) is 23.7 Å². The summed E-state index contributed by atoms with van der Waals surface area (Å²) >= 11 is 5.65. The van der Waals surface area contributed by atoms with Crippen molar-refractivity contribution in [3.63, 3.8) is 0 Å². The summed E-state index contributed by atoms with van der Waals surface area (Å²) in [5.74, 6) is 0.768. The van der Waals surface area contributed by atoms with E-state index in [-0.39, 0.29) is 35.3 Å². The van der Waals surface area contributed by atoms with Crippen LogP contribution in [0.4, 0.5) is 17.6 Å². The Kier molecular flexibility index (Phi) is 10.8. The summed E-state index contributed by atoms with van der Waals surface area (Å²) in [5.41, 5.74) is 1.74. The number of hydrogen-bond donors (Lipinski definition) is 0. The van der Waals surface area contributed by atoms with E-state index in [1.807, 2.05) is 6.07 Å². The normalized spacial score (nSPS) is 28.9. The van der Waals surface area contributed by atoms with Crippen LogP contribution < -0.4 is 4.74 Å². The highest BCUT2D eigenvalue weighted by Gasteiger charge is 2.44. The third kappa shape index (κ3) is 7.85. The molecule has 1 nitrogen and oxygen atoms in total. The van der Waals surface area contributed by atoms with Gasteiger partial charge in [0.05, 0.1) is 10.9 Å². The minimum atomic E-state index is -3.43. The van der Waals surface area contributed by atoms with Gasteiger partial charge in [0, 0.05) is 6.07 Å². The summed E-state index contributed by atoms with van der Waals surface area (Å²) in [6, 6.07) is 9.05. The van der Waals surface area contributed by atoms with E-state index in [0.717, 1.165) is 42.2 Å². The zero-order valence-corrected chi connectivity index (χ0v) is 25.8. The minimum Gasteiger partial charge on any atom is -0.432 e. The average Bonchev–Trinajstić information content (AvgIpc) is 2.99. The summed E-state index contributed by atoms with van der Waals surface area (Å²) < 4.78 is 63.7. The number of rotatable bonds is 10. The topological polar surface area (TPSA) is 9.23 Å². The summed E-state index contributed by atoms with van der Waals surface area (Å²) in [7, 11) is 0. The first-order valence-corrected chi connectivity index (χ1v) is 16.9. The first-order chi connectivity index (χ1) is 20.2. The van der Waals surface area contributed by atoms with E-state index in [0.29, 0.717) is 24.3 Å². The Balaban J connectivity index is 1.08. The highest BCUT2D eigenvalue weighted by atomic mass is 35.5. The second kappa shape index (κ2) is 14.4. The molecule has 0 atom stereocenters. The predicted molar refractivity (Wildman–Crippen MR) is 162 cm³/mol. The van der Waals surface area contributed by atoms with E-state index in [9.17, 15) is 13.2 Å². The Morgan fingerprint density at radius 3 is 2.00 bits per heavy atom. The second-order valence-electron chi connectivity index (χ2n) is 13.5. The highest BCUT2D eigenvalue weighted by molar-refractivity contribution is 6.30. The van der Waals surface area contributed by atoms with Crippen LogP contribution in [0.15, 0.2) is 36.4 Å². The fourth-order valence-electron chi connectivity index (χ4n) is 8.20. The molecule has 0 amide bonds. The molecule has 0 radical (unpaired) electrons. The van der Waals surface area contributed by atoms with Crippen LogP contribution in [-0.2, 0) is 0 Å². The molecule has 0 aliphatic heterocycles. The zero-order valence-electron chi connectivity index (χ0n) is 25.0. The number of halogens is 5. The molecule has 0 aromatic heterocycles. The SMILES string of the molecule is CCCCCC1CCC(C2CCC(c3ccc(C4CCC(C(F)(F)Oc5ccc(Cl)c(F)c5)CC4)c(F)c3)CC2)CC1. The van der Waals surface area contributed by atoms with Crippen molar-refractivity contribution in [3.05, 3.63) is 64.2 Å². The van der Waals surface area contributed by atoms with Crippen molar-refractivity contribution in [1.82, 2.24) is 0 Å². The number of hydrogen-bond acceptors (Lipinski definition) is 1. The van der Waals surface area contributed by atoms with E-state index in [2.05, 4.69) is 13.0 Å². The third-order valence-corrected chi connectivity index (χ3v) is 11.1. The van der Waals surface area contributed by atoms with Crippen molar-refractivity contribution in [3.8, 4) is 5.75 Å². The van der Waals surface area contributed by atoms with Crippen molar-refractivity contribution >= 4 is 11.6 Å². The van der Waals surface area contributed by atoms with Crippen LogP contribution in [0.25, 0.3) is 0 Å². The second-order valence-corrected chi connectivity index (χ2v) is 13.9. The molecule has 2 aromatic carbocycles.